The average molecular weight is 297 g/mol. The molecule has 0 unspecified atom stereocenters. The van der Waals surface area contributed by atoms with E-state index < -0.39 is 0 Å². The summed E-state index contributed by atoms with van der Waals surface area (Å²) in [6.07, 6.45) is 4.10. The van der Waals surface area contributed by atoms with Crippen molar-refractivity contribution in [3.05, 3.63) is 59.8 Å². The summed E-state index contributed by atoms with van der Waals surface area (Å²) >= 11 is 0. The van der Waals surface area contributed by atoms with E-state index in [1.807, 2.05) is 36.5 Å². The van der Waals surface area contributed by atoms with Crippen molar-refractivity contribution in [1.82, 2.24) is 10.3 Å². The van der Waals surface area contributed by atoms with E-state index in [1.165, 1.54) is 5.56 Å². The van der Waals surface area contributed by atoms with Gasteiger partial charge in [0.2, 0.25) is 0 Å². The molecule has 1 fully saturated rings. The van der Waals surface area contributed by atoms with Crippen LogP contribution in [-0.4, -0.2) is 29.2 Å². The molecule has 0 amide bonds. The largest absolute Gasteiger partial charge is 0.392 e. The molecular weight excluding hydrogens is 274 g/mol. The van der Waals surface area contributed by atoms with E-state index in [0.29, 0.717) is 6.04 Å². The van der Waals surface area contributed by atoms with E-state index in [0.717, 1.165) is 43.9 Å². The van der Waals surface area contributed by atoms with Crippen LogP contribution < -0.4 is 10.2 Å². The molecule has 3 rings (SSSR count). The number of anilines is 1. The minimum atomic E-state index is 0.107. The van der Waals surface area contributed by atoms with Crippen LogP contribution in [0.3, 0.4) is 0 Å². The lowest BCUT2D eigenvalue weighted by Gasteiger charge is -2.33. The van der Waals surface area contributed by atoms with Gasteiger partial charge in [-0.2, -0.15) is 0 Å². The lowest BCUT2D eigenvalue weighted by molar-refractivity contribution is 0.280. The van der Waals surface area contributed by atoms with E-state index in [1.54, 1.807) is 0 Å². The third-order valence-corrected chi connectivity index (χ3v) is 4.34. The van der Waals surface area contributed by atoms with Gasteiger partial charge in [-0.1, -0.05) is 30.3 Å². The van der Waals surface area contributed by atoms with Gasteiger partial charge in [-0.3, -0.25) is 0 Å². The molecular formula is C18H23N3O. The van der Waals surface area contributed by atoms with Gasteiger partial charge in [0.25, 0.3) is 0 Å². The van der Waals surface area contributed by atoms with Gasteiger partial charge >= 0.3 is 0 Å². The fourth-order valence-electron chi connectivity index (χ4n) is 2.99. The number of hydrogen-bond acceptors (Lipinski definition) is 4. The monoisotopic (exact) mass is 297 g/mol. The van der Waals surface area contributed by atoms with Crippen molar-refractivity contribution in [1.29, 1.82) is 0 Å². The summed E-state index contributed by atoms with van der Waals surface area (Å²) in [5, 5.41) is 13.0. The number of piperidine rings is 1. The van der Waals surface area contributed by atoms with Crippen LogP contribution in [0.15, 0.2) is 48.7 Å². The van der Waals surface area contributed by atoms with E-state index in [-0.39, 0.29) is 6.61 Å². The number of nitrogens with one attached hydrogen (secondary N) is 1. The highest BCUT2D eigenvalue weighted by Crippen LogP contribution is 2.18. The van der Waals surface area contributed by atoms with Gasteiger partial charge in [0.05, 0.1) is 6.61 Å². The molecule has 1 aliphatic heterocycles. The Morgan fingerprint density at radius 3 is 2.45 bits per heavy atom. The lowest BCUT2D eigenvalue weighted by Crippen LogP contribution is -2.42. The van der Waals surface area contributed by atoms with Crippen molar-refractivity contribution in [2.75, 3.05) is 18.0 Å². The molecule has 0 aliphatic carbocycles. The Kier molecular flexibility index (Phi) is 5.03. The molecule has 0 saturated carbocycles. The number of aromatic nitrogens is 1. The normalized spacial score (nSPS) is 16.0. The van der Waals surface area contributed by atoms with E-state index in [9.17, 15) is 5.11 Å². The molecule has 0 radical (unpaired) electrons. The second-order valence-electron chi connectivity index (χ2n) is 5.76. The van der Waals surface area contributed by atoms with Crippen LogP contribution in [0.2, 0.25) is 0 Å². The molecule has 2 aromatic rings. The Bertz CT molecular complexity index is 580. The number of benzene rings is 1. The van der Waals surface area contributed by atoms with Crippen LogP contribution in [0.5, 0.6) is 0 Å². The fourth-order valence-corrected chi connectivity index (χ4v) is 2.99. The van der Waals surface area contributed by atoms with Crippen LogP contribution in [0.4, 0.5) is 5.82 Å². The Morgan fingerprint density at radius 1 is 1.05 bits per heavy atom. The van der Waals surface area contributed by atoms with Gasteiger partial charge in [0.1, 0.15) is 5.82 Å². The Hall–Kier alpha value is -1.91. The SMILES string of the molecule is OCc1ccccc1CNC1CCN(c2ccccn2)CC1. The smallest absolute Gasteiger partial charge is 0.128 e. The highest BCUT2D eigenvalue weighted by molar-refractivity contribution is 5.38. The first-order valence-corrected chi connectivity index (χ1v) is 7.94. The third kappa shape index (κ3) is 3.64. The second-order valence-corrected chi connectivity index (χ2v) is 5.76. The first-order chi connectivity index (χ1) is 10.9. The van der Waals surface area contributed by atoms with Gasteiger partial charge in [-0.05, 0) is 36.1 Å². The summed E-state index contributed by atoms with van der Waals surface area (Å²) in [4.78, 5) is 6.77. The van der Waals surface area contributed by atoms with Crippen LogP contribution >= 0.6 is 0 Å². The molecule has 2 N–H and O–H groups in total. The number of pyridine rings is 1. The highest BCUT2D eigenvalue weighted by Gasteiger charge is 2.19. The van der Waals surface area contributed by atoms with Gasteiger partial charge in [-0.25, -0.2) is 4.98 Å². The van der Waals surface area contributed by atoms with Crippen LogP contribution in [0, 0.1) is 0 Å². The fraction of sp³-hybridized carbons (Fsp3) is 0.389. The molecule has 1 aliphatic rings. The molecule has 1 aromatic carbocycles. The van der Waals surface area contributed by atoms with Crippen molar-refractivity contribution in [3.63, 3.8) is 0 Å². The number of aliphatic hydroxyl groups excluding tert-OH is 1. The maximum atomic E-state index is 9.37. The summed E-state index contributed by atoms with van der Waals surface area (Å²) in [6.45, 7) is 3.01. The maximum Gasteiger partial charge on any atom is 0.128 e. The Labute approximate surface area is 131 Å². The first-order valence-electron chi connectivity index (χ1n) is 7.94. The summed E-state index contributed by atoms with van der Waals surface area (Å²) in [6, 6.07) is 14.7. The number of aliphatic hydroxyl groups is 1. The summed E-state index contributed by atoms with van der Waals surface area (Å²) < 4.78 is 0. The van der Waals surface area contributed by atoms with E-state index in [4.69, 9.17) is 0 Å². The number of rotatable bonds is 5. The predicted molar refractivity (Wildman–Crippen MR) is 88.7 cm³/mol. The molecule has 116 valence electrons. The summed E-state index contributed by atoms with van der Waals surface area (Å²) in [5.74, 6) is 1.08. The first kappa shape index (κ1) is 15.0. The third-order valence-electron chi connectivity index (χ3n) is 4.34. The molecule has 0 bridgehead atoms. The number of hydrogen-bond donors (Lipinski definition) is 2. The molecule has 0 spiro atoms. The minimum Gasteiger partial charge on any atom is -0.392 e. The van der Waals surface area contributed by atoms with Crippen molar-refractivity contribution in [3.8, 4) is 0 Å². The summed E-state index contributed by atoms with van der Waals surface area (Å²) in [7, 11) is 0. The molecule has 1 saturated heterocycles. The van der Waals surface area contributed by atoms with E-state index >= 15 is 0 Å². The standard InChI is InChI=1S/C18H23N3O/c22-14-16-6-2-1-5-15(16)13-20-17-8-11-21(12-9-17)18-7-3-4-10-19-18/h1-7,10,17,20,22H,8-9,11-14H2. The van der Waals surface area contributed by atoms with Gasteiger partial charge < -0.3 is 15.3 Å². The number of nitrogens with zero attached hydrogens (tertiary/aromatic N) is 2. The van der Waals surface area contributed by atoms with Gasteiger partial charge in [0, 0.05) is 31.9 Å². The van der Waals surface area contributed by atoms with Crippen LogP contribution in [-0.2, 0) is 13.2 Å². The Morgan fingerprint density at radius 2 is 1.77 bits per heavy atom. The molecule has 22 heavy (non-hydrogen) atoms. The molecule has 4 nitrogen and oxygen atoms in total. The van der Waals surface area contributed by atoms with E-state index in [2.05, 4.69) is 27.3 Å². The zero-order valence-electron chi connectivity index (χ0n) is 12.8. The maximum absolute atomic E-state index is 9.37. The Balaban J connectivity index is 1.50. The molecule has 0 atom stereocenters. The second kappa shape index (κ2) is 7.38. The quantitative estimate of drug-likeness (QED) is 0.889. The molecule has 2 heterocycles. The van der Waals surface area contributed by atoms with Crippen LogP contribution in [0.1, 0.15) is 24.0 Å². The van der Waals surface area contributed by atoms with Crippen LogP contribution in [0.25, 0.3) is 0 Å². The minimum absolute atomic E-state index is 0.107. The van der Waals surface area contributed by atoms with Gasteiger partial charge in [0.15, 0.2) is 0 Å². The van der Waals surface area contributed by atoms with Crippen molar-refractivity contribution in [2.24, 2.45) is 0 Å². The van der Waals surface area contributed by atoms with Crippen molar-refractivity contribution < 1.29 is 5.11 Å². The molecule has 4 heteroatoms. The molecule has 1 aromatic heterocycles. The topological polar surface area (TPSA) is 48.4 Å². The predicted octanol–water partition coefficient (Wildman–Crippen LogP) is 2.33. The highest BCUT2D eigenvalue weighted by atomic mass is 16.3. The van der Waals surface area contributed by atoms with Crippen molar-refractivity contribution >= 4 is 5.82 Å². The zero-order valence-corrected chi connectivity index (χ0v) is 12.8. The van der Waals surface area contributed by atoms with Crippen molar-refractivity contribution in [2.45, 2.75) is 32.0 Å². The van der Waals surface area contributed by atoms with Gasteiger partial charge in [-0.15, -0.1) is 0 Å². The summed E-state index contributed by atoms with van der Waals surface area (Å²) in [5.41, 5.74) is 2.21. The average Bonchev–Trinajstić information content (AvgIpc) is 2.61. The zero-order chi connectivity index (χ0) is 15.2. The lowest BCUT2D eigenvalue weighted by atomic mass is 10.0.